The van der Waals surface area contributed by atoms with E-state index >= 15 is 0 Å². The molecule has 0 radical (unpaired) electrons. The van der Waals surface area contributed by atoms with Gasteiger partial charge in [0.15, 0.2) is 0 Å². The van der Waals surface area contributed by atoms with Gasteiger partial charge in [-0.3, -0.25) is 9.80 Å². The maximum absolute atomic E-state index is 13.5. The van der Waals surface area contributed by atoms with Crippen molar-refractivity contribution in [3.05, 3.63) is 63.7 Å². The molecule has 2 aliphatic heterocycles. The molecule has 2 aromatic carbocycles. The molecule has 2 heterocycles. The highest BCUT2D eigenvalue weighted by Crippen LogP contribution is 2.45. The van der Waals surface area contributed by atoms with Crippen LogP contribution in [-0.4, -0.2) is 42.8 Å². The lowest BCUT2D eigenvalue weighted by atomic mass is 9.88. The Morgan fingerprint density at radius 1 is 1.05 bits per heavy atom. The molecular formula is C26H24F6N2O6. The molecule has 0 bridgehead atoms. The maximum atomic E-state index is 13.5. The second-order valence-electron chi connectivity index (χ2n) is 9.33. The average molecular weight is 574 g/mol. The summed E-state index contributed by atoms with van der Waals surface area (Å²) < 4.78 is 96.0. The Morgan fingerprint density at radius 2 is 1.68 bits per heavy atom. The number of anilines is 1. The van der Waals surface area contributed by atoms with Crippen LogP contribution in [0.5, 0.6) is 0 Å². The zero-order valence-corrected chi connectivity index (χ0v) is 21.5. The number of methoxy groups -OCH3 is 1. The fourth-order valence-electron chi connectivity index (χ4n) is 4.94. The first-order valence-corrected chi connectivity index (χ1v) is 12.1. The van der Waals surface area contributed by atoms with E-state index in [1.54, 1.807) is 13.8 Å². The summed E-state index contributed by atoms with van der Waals surface area (Å²) in [5.74, 6) is -0.657. The van der Waals surface area contributed by atoms with Crippen molar-refractivity contribution < 1.29 is 54.9 Å². The van der Waals surface area contributed by atoms with Gasteiger partial charge in [0.2, 0.25) is 0 Å². The minimum atomic E-state index is -5.08. The van der Waals surface area contributed by atoms with Crippen molar-refractivity contribution >= 4 is 23.8 Å². The van der Waals surface area contributed by atoms with Gasteiger partial charge in [0.1, 0.15) is 6.61 Å². The van der Waals surface area contributed by atoms with Crippen molar-refractivity contribution in [3.63, 3.8) is 0 Å². The Balaban J connectivity index is 1.85. The summed E-state index contributed by atoms with van der Waals surface area (Å²) in [5, 5.41) is 0. The zero-order chi connectivity index (χ0) is 29.6. The zero-order valence-electron chi connectivity index (χ0n) is 21.5. The second-order valence-corrected chi connectivity index (χ2v) is 9.33. The monoisotopic (exact) mass is 574 g/mol. The van der Waals surface area contributed by atoms with E-state index in [2.05, 4.69) is 0 Å². The lowest BCUT2D eigenvalue weighted by Gasteiger charge is -2.42. The standard InChI is InChI=1S/C26H24F6N2O6/c1-4-39-24(37)34-13(2)5-20(19-10-18-15(8-21(19)34)12-40-22(18)35)33(23(36)38-3)11-14-6-16(25(27,28)29)9-17(7-14)26(30,31)32/h6-10,13,20H,4-5,11-12H2,1-3H3. The Morgan fingerprint density at radius 3 is 2.23 bits per heavy atom. The lowest BCUT2D eigenvalue weighted by Crippen LogP contribution is -2.47. The van der Waals surface area contributed by atoms with E-state index < -0.39 is 65.8 Å². The number of esters is 1. The van der Waals surface area contributed by atoms with Crippen molar-refractivity contribution in [3.8, 4) is 0 Å². The highest BCUT2D eigenvalue weighted by atomic mass is 19.4. The van der Waals surface area contributed by atoms with Gasteiger partial charge in [0, 0.05) is 18.2 Å². The third kappa shape index (κ3) is 5.52. The average Bonchev–Trinajstić information content (AvgIpc) is 3.23. The van der Waals surface area contributed by atoms with Crippen LogP contribution in [0.15, 0.2) is 30.3 Å². The molecule has 0 N–H and O–H groups in total. The molecule has 0 saturated carbocycles. The number of carbonyl (C=O) groups is 3. The molecule has 0 aromatic heterocycles. The number of fused-ring (bicyclic) bond motifs is 2. The number of cyclic esters (lactones) is 1. The quantitative estimate of drug-likeness (QED) is 0.237. The van der Waals surface area contributed by atoms with Gasteiger partial charge >= 0.3 is 30.5 Å². The summed E-state index contributed by atoms with van der Waals surface area (Å²) in [4.78, 5) is 40.4. The predicted molar refractivity (Wildman–Crippen MR) is 126 cm³/mol. The SMILES string of the molecule is CCOC(=O)N1c2cc3c(cc2C(N(Cc2cc(C(F)(F)F)cc(C(F)(F)F)c2)C(=O)OC)CC1C)C(=O)OC3. The van der Waals surface area contributed by atoms with Crippen LogP contribution >= 0.6 is 0 Å². The highest BCUT2D eigenvalue weighted by molar-refractivity contribution is 5.97. The molecule has 0 aliphatic carbocycles. The van der Waals surface area contributed by atoms with E-state index in [-0.39, 0.29) is 42.5 Å². The number of amides is 2. The van der Waals surface area contributed by atoms with Crippen molar-refractivity contribution in [2.75, 3.05) is 18.6 Å². The summed E-state index contributed by atoms with van der Waals surface area (Å²) in [6.45, 7) is 2.54. The Labute approximate surface area is 224 Å². The molecule has 2 amide bonds. The van der Waals surface area contributed by atoms with Gasteiger partial charge in [-0.1, -0.05) is 0 Å². The highest BCUT2D eigenvalue weighted by Gasteiger charge is 2.42. The minimum absolute atomic E-state index is 0.000161. The third-order valence-electron chi connectivity index (χ3n) is 6.71. The number of benzene rings is 2. The van der Waals surface area contributed by atoms with Crippen LogP contribution in [0.2, 0.25) is 0 Å². The number of halogens is 6. The number of carbonyl (C=O) groups excluding carboxylic acids is 3. The largest absolute Gasteiger partial charge is 0.457 e. The Hall–Kier alpha value is -3.97. The molecular weight excluding hydrogens is 550 g/mol. The Kier molecular flexibility index (Phi) is 7.65. The molecule has 2 unspecified atom stereocenters. The van der Waals surface area contributed by atoms with Crippen LogP contribution in [0.3, 0.4) is 0 Å². The smallest absolute Gasteiger partial charge is 0.416 e. The first-order chi connectivity index (χ1) is 18.6. The van der Waals surface area contributed by atoms with Crippen LogP contribution in [0.1, 0.15) is 64.5 Å². The van der Waals surface area contributed by atoms with Gasteiger partial charge in [-0.15, -0.1) is 0 Å². The molecule has 0 fully saturated rings. The van der Waals surface area contributed by atoms with Gasteiger partial charge in [-0.2, -0.15) is 26.3 Å². The maximum Gasteiger partial charge on any atom is 0.416 e. The summed E-state index contributed by atoms with van der Waals surface area (Å²) in [7, 11) is 1.01. The van der Waals surface area contributed by atoms with Crippen molar-refractivity contribution in [1.29, 1.82) is 0 Å². The molecule has 8 nitrogen and oxygen atoms in total. The first kappa shape index (κ1) is 29.0. The number of ether oxygens (including phenoxy) is 3. The number of alkyl halides is 6. The molecule has 216 valence electrons. The van der Waals surface area contributed by atoms with Crippen LogP contribution in [0.25, 0.3) is 0 Å². The molecule has 2 aliphatic rings. The van der Waals surface area contributed by atoms with Gasteiger partial charge in [0.05, 0.1) is 42.1 Å². The Bertz CT molecular complexity index is 1310. The molecule has 0 spiro atoms. The topological polar surface area (TPSA) is 85.4 Å². The summed E-state index contributed by atoms with van der Waals surface area (Å²) >= 11 is 0. The lowest BCUT2D eigenvalue weighted by molar-refractivity contribution is -0.143. The number of hydrogen-bond acceptors (Lipinski definition) is 6. The minimum Gasteiger partial charge on any atom is -0.457 e. The van der Waals surface area contributed by atoms with Crippen LogP contribution in [0, 0.1) is 0 Å². The summed E-state index contributed by atoms with van der Waals surface area (Å²) in [5.41, 5.74) is -2.39. The predicted octanol–water partition coefficient (Wildman–Crippen LogP) is 6.46. The van der Waals surface area contributed by atoms with Crippen molar-refractivity contribution in [2.24, 2.45) is 0 Å². The number of hydrogen-bond donors (Lipinski definition) is 0. The molecule has 2 atom stereocenters. The second kappa shape index (κ2) is 10.5. The molecule has 0 saturated heterocycles. The number of rotatable bonds is 4. The van der Waals surface area contributed by atoms with Crippen molar-refractivity contribution in [1.82, 2.24) is 4.90 Å². The van der Waals surface area contributed by atoms with E-state index in [1.807, 2.05) is 0 Å². The molecule has 14 heteroatoms. The van der Waals surface area contributed by atoms with Gasteiger partial charge in [0.25, 0.3) is 0 Å². The van der Waals surface area contributed by atoms with Crippen LogP contribution in [-0.2, 0) is 39.7 Å². The summed E-state index contributed by atoms with van der Waals surface area (Å²) in [6.07, 6.45) is -11.9. The van der Waals surface area contributed by atoms with E-state index in [0.29, 0.717) is 17.7 Å². The normalized spacial score (nSPS) is 18.5. The van der Waals surface area contributed by atoms with E-state index in [4.69, 9.17) is 14.2 Å². The summed E-state index contributed by atoms with van der Waals surface area (Å²) in [6, 6.07) is 2.35. The first-order valence-electron chi connectivity index (χ1n) is 12.1. The third-order valence-corrected chi connectivity index (χ3v) is 6.71. The van der Waals surface area contributed by atoms with Gasteiger partial charge in [-0.25, -0.2) is 14.4 Å². The molecule has 40 heavy (non-hydrogen) atoms. The van der Waals surface area contributed by atoms with Crippen molar-refractivity contribution in [2.45, 2.75) is 57.9 Å². The van der Waals surface area contributed by atoms with Gasteiger partial charge in [-0.05, 0) is 61.7 Å². The fraction of sp³-hybridized carbons (Fsp3) is 0.423. The van der Waals surface area contributed by atoms with Gasteiger partial charge < -0.3 is 14.2 Å². The van der Waals surface area contributed by atoms with E-state index in [9.17, 15) is 40.7 Å². The molecule has 4 rings (SSSR count). The van der Waals surface area contributed by atoms with Crippen LogP contribution in [0.4, 0.5) is 41.6 Å². The van der Waals surface area contributed by atoms with E-state index in [1.165, 1.54) is 17.0 Å². The molecule has 2 aromatic rings. The fourth-order valence-corrected chi connectivity index (χ4v) is 4.94. The van der Waals surface area contributed by atoms with E-state index in [0.717, 1.165) is 12.0 Å². The van der Waals surface area contributed by atoms with Crippen LogP contribution < -0.4 is 4.90 Å². The number of nitrogens with zero attached hydrogens (tertiary/aromatic N) is 2.